The van der Waals surface area contributed by atoms with E-state index in [0.717, 1.165) is 18.9 Å². The highest BCUT2D eigenvalue weighted by Gasteiger charge is 2.34. The summed E-state index contributed by atoms with van der Waals surface area (Å²) in [6.07, 6.45) is 9.98. The maximum atomic E-state index is 10.2. The standard InChI is InChI=1S/C17H32O2/c1-17(2,3)14-9-10-16(18)13(12-14)6-4-7-15-8-5-11-19-15/h13-16,18H,4-12H2,1-3H3. The third-order valence-electron chi connectivity index (χ3n) is 5.29. The normalized spacial score (nSPS) is 36.6. The molecule has 0 bridgehead atoms. The van der Waals surface area contributed by atoms with E-state index in [1.54, 1.807) is 0 Å². The van der Waals surface area contributed by atoms with Crippen LogP contribution in [0.25, 0.3) is 0 Å². The fourth-order valence-electron chi connectivity index (χ4n) is 3.82. The molecule has 1 heterocycles. The molecule has 2 rings (SSSR count). The lowest BCUT2D eigenvalue weighted by Crippen LogP contribution is -2.34. The van der Waals surface area contributed by atoms with E-state index < -0.39 is 0 Å². The van der Waals surface area contributed by atoms with E-state index in [1.165, 1.54) is 44.9 Å². The van der Waals surface area contributed by atoms with E-state index in [4.69, 9.17) is 4.74 Å². The Labute approximate surface area is 118 Å². The fourth-order valence-corrected chi connectivity index (χ4v) is 3.82. The largest absolute Gasteiger partial charge is 0.393 e. The number of aliphatic hydroxyl groups is 1. The van der Waals surface area contributed by atoms with Crippen molar-refractivity contribution >= 4 is 0 Å². The van der Waals surface area contributed by atoms with Crippen molar-refractivity contribution in [2.24, 2.45) is 17.3 Å². The van der Waals surface area contributed by atoms with Crippen LogP contribution in [0.1, 0.15) is 72.1 Å². The molecule has 2 nitrogen and oxygen atoms in total. The Morgan fingerprint density at radius 1 is 1.11 bits per heavy atom. The summed E-state index contributed by atoms with van der Waals surface area (Å²) in [5.74, 6) is 1.31. The highest BCUT2D eigenvalue weighted by molar-refractivity contribution is 4.85. The molecule has 1 aliphatic carbocycles. The molecule has 0 amide bonds. The van der Waals surface area contributed by atoms with Gasteiger partial charge in [-0.25, -0.2) is 0 Å². The maximum Gasteiger partial charge on any atom is 0.0576 e. The molecule has 112 valence electrons. The molecule has 2 heteroatoms. The summed E-state index contributed by atoms with van der Waals surface area (Å²) in [7, 11) is 0. The smallest absolute Gasteiger partial charge is 0.0576 e. The van der Waals surface area contributed by atoms with Crippen LogP contribution in [0.3, 0.4) is 0 Å². The molecule has 0 aromatic rings. The van der Waals surface area contributed by atoms with Gasteiger partial charge in [0, 0.05) is 6.61 Å². The number of hydrogen-bond donors (Lipinski definition) is 1. The zero-order chi connectivity index (χ0) is 13.9. The first-order chi connectivity index (χ1) is 8.97. The maximum absolute atomic E-state index is 10.2. The number of hydrogen-bond acceptors (Lipinski definition) is 2. The van der Waals surface area contributed by atoms with Crippen LogP contribution >= 0.6 is 0 Å². The minimum absolute atomic E-state index is 0.0527. The summed E-state index contributed by atoms with van der Waals surface area (Å²) < 4.78 is 5.68. The highest BCUT2D eigenvalue weighted by Crippen LogP contribution is 2.41. The van der Waals surface area contributed by atoms with E-state index in [2.05, 4.69) is 20.8 Å². The van der Waals surface area contributed by atoms with Crippen molar-refractivity contribution in [2.45, 2.75) is 84.3 Å². The van der Waals surface area contributed by atoms with Crippen LogP contribution in [-0.4, -0.2) is 23.9 Å². The molecule has 4 unspecified atom stereocenters. The van der Waals surface area contributed by atoms with E-state index >= 15 is 0 Å². The van der Waals surface area contributed by atoms with Gasteiger partial charge in [-0.15, -0.1) is 0 Å². The van der Waals surface area contributed by atoms with E-state index in [1.807, 2.05) is 0 Å². The average molecular weight is 268 g/mol. The van der Waals surface area contributed by atoms with E-state index in [9.17, 15) is 5.11 Å². The first kappa shape index (κ1) is 15.3. The predicted molar refractivity (Wildman–Crippen MR) is 79.1 cm³/mol. The predicted octanol–water partition coefficient (Wildman–Crippen LogP) is 4.16. The van der Waals surface area contributed by atoms with Gasteiger partial charge in [0.15, 0.2) is 0 Å². The van der Waals surface area contributed by atoms with Gasteiger partial charge < -0.3 is 9.84 Å². The lowest BCUT2D eigenvalue weighted by atomic mass is 9.67. The molecule has 1 aliphatic heterocycles. The molecule has 1 saturated carbocycles. The Morgan fingerprint density at radius 3 is 2.53 bits per heavy atom. The molecule has 19 heavy (non-hydrogen) atoms. The van der Waals surface area contributed by atoms with Crippen LogP contribution in [0.2, 0.25) is 0 Å². The average Bonchev–Trinajstić information content (AvgIpc) is 2.83. The number of rotatable bonds is 4. The van der Waals surface area contributed by atoms with Crippen molar-refractivity contribution in [3.63, 3.8) is 0 Å². The fraction of sp³-hybridized carbons (Fsp3) is 1.00. The van der Waals surface area contributed by atoms with Crippen molar-refractivity contribution in [1.29, 1.82) is 0 Å². The molecule has 0 aromatic carbocycles. The Balaban J connectivity index is 1.74. The van der Waals surface area contributed by atoms with Crippen LogP contribution < -0.4 is 0 Å². The van der Waals surface area contributed by atoms with Gasteiger partial charge in [0.25, 0.3) is 0 Å². The van der Waals surface area contributed by atoms with Gasteiger partial charge in [0.2, 0.25) is 0 Å². The lowest BCUT2D eigenvalue weighted by Gasteiger charge is -2.40. The van der Waals surface area contributed by atoms with Gasteiger partial charge in [-0.05, 0) is 62.2 Å². The molecule has 2 aliphatic rings. The van der Waals surface area contributed by atoms with Crippen LogP contribution in [0.5, 0.6) is 0 Å². The highest BCUT2D eigenvalue weighted by atomic mass is 16.5. The van der Waals surface area contributed by atoms with Crippen LogP contribution in [0.15, 0.2) is 0 Å². The molecule has 1 saturated heterocycles. The van der Waals surface area contributed by atoms with Gasteiger partial charge in [-0.3, -0.25) is 0 Å². The van der Waals surface area contributed by atoms with Crippen LogP contribution in [0.4, 0.5) is 0 Å². The van der Waals surface area contributed by atoms with Gasteiger partial charge in [0.1, 0.15) is 0 Å². The third-order valence-corrected chi connectivity index (χ3v) is 5.29. The zero-order valence-electron chi connectivity index (χ0n) is 13.0. The zero-order valence-corrected chi connectivity index (χ0v) is 13.0. The summed E-state index contributed by atoms with van der Waals surface area (Å²) >= 11 is 0. The van der Waals surface area contributed by atoms with Crippen molar-refractivity contribution in [1.82, 2.24) is 0 Å². The summed E-state index contributed by atoms with van der Waals surface area (Å²) in [6.45, 7) is 8.00. The number of aliphatic hydroxyl groups excluding tert-OH is 1. The monoisotopic (exact) mass is 268 g/mol. The topological polar surface area (TPSA) is 29.5 Å². The van der Waals surface area contributed by atoms with Crippen LogP contribution in [-0.2, 0) is 4.74 Å². The molecule has 0 spiro atoms. The van der Waals surface area contributed by atoms with E-state index in [0.29, 0.717) is 17.4 Å². The van der Waals surface area contributed by atoms with E-state index in [-0.39, 0.29) is 6.10 Å². The first-order valence-electron chi connectivity index (χ1n) is 8.26. The van der Waals surface area contributed by atoms with Crippen LogP contribution in [0, 0.1) is 17.3 Å². The Morgan fingerprint density at radius 2 is 1.89 bits per heavy atom. The molecular formula is C17H32O2. The van der Waals surface area contributed by atoms with Crippen molar-refractivity contribution in [3.8, 4) is 0 Å². The second kappa shape index (κ2) is 6.58. The summed E-state index contributed by atoms with van der Waals surface area (Å²) in [6, 6.07) is 0. The summed E-state index contributed by atoms with van der Waals surface area (Å²) in [5, 5.41) is 10.2. The van der Waals surface area contributed by atoms with Gasteiger partial charge in [0.05, 0.1) is 12.2 Å². The lowest BCUT2D eigenvalue weighted by molar-refractivity contribution is 0.0126. The van der Waals surface area contributed by atoms with Crippen molar-refractivity contribution < 1.29 is 9.84 Å². The summed E-state index contributed by atoms with van der Waals surface area (Å²) in [4.78, 5) is 0. The van der Waals surface area contributed by atoms with Gasteiger partial charge in [-0.2, -0.15) is 0 Å². The SMILES string of the molecule is CC(C)(C)C1CCC(O)C(CCCC2CCCO2)C1. The van der Waals surface area contributed by atoms with Crippen molar-refractivity contribution in [3.05, 3.63) is 0 Å². The Hall–Kier alpha value is -0.0800. The second-order valence-electron chi connectivity index (χ2n) is 7.77. The number of ether oxygens (including phenoxy) is 1. The second-order valence-corrected chi connectivity index (χ2v) is 7.77. The molecule has 0 radical (unpaired) electrons. The Bertz CT molecular complexity index is 263. The quantitative estimate of drug-likeness (QED) is 0.829. The molecule has 1 N–H and O–H groups in total. The van der Waals surface area contributed by atoms with Gasteiger partial charge >= 0.3 is 0 Å². The molecular weight excluding hydrogens is 236 g/mol. The minimum Gasteiger partial charge on any atom is -0.393 e. The minimum atomic E-state index is -0.0527. The van der Waals surface area contributed by atoms with Gasteiger partial charge in [-0.1, -0.05) is 27.2 Å². The van der Waals surface area contributed by atoms with Crippen molar-refractivity contribution in [2.75, 3.05) is 6.61 Å². The Kier molecular flexibility index (Phi) is 5.30. The molecule has 4 atom stereocenters. The molecule has 0 aromatic heterocycles. The third kappa shape index (κ3) is 4.46. The molecule has 2 fully saturated rings. The first-order valence-corrected chi connectivity index (χ1v) is 8.26. The summed E-state index contributed by atoms with van der Waals surface area (Å²) in [5.41, 5.74) is 0.396.